The lowest BCUT2D eigenvalue weighted by Crippen LogP contribution is -2.15. The van der Waals surface area contributed by atoms with E-state index in [1.807, 2.05) is 26.0 Å². The standard InChI is InChI=1S/C19H19NO4/c1-12-4-9-17(13(2)10-12)18(22)11-24-19(23)15-5-7-16(8-6-15)20-14(3)21/h4-10H,11H2,1-3H3,(H,20,21). The van der Waals surface area contributed by atoms with Gasteiger partial charge in [-0.1, -0.05) is 23.8 Å². The number of benzene rings is 2. The van der Waals surface area contributed by atoms with Crippen LogP contribution in [-0.4, -0.2) is 24.3 Å². The summed E-state index contributed by atoms with van der Waals surface area (Å²) in [6.07, 6.45) is 0. The van der Waals surface area contributed by atoms with Crippen LogP contribution >= 0.6 is 0 Å². The first kappa shape index (κ1) is 17.4. The van der Waals surface area contributed by atoms with Crippen LogP contribution in [0.15, 0.2) is 42.5 Å². The number of ether oxygens (including phenoxy) is 1. The van der Waals surface area contributed by atoms with E-state index >= 15 is 0 Å². The van der Waals surface area contributed by atoms with Gasteiger partial charge >= 0.3 is 5.97 Å². The zero-order valence-corrected chi connectivity index (χ0v) is 13.9. The monoisotopic (exact) mass is 325 g/mol. The Morgan fingerprint density at radius 2 is 1.67 bits per heavy atom. The Labute approximate surface area is 140 Å². The van der Waals surface area contributed by atoms with Gasteiger partial charge in [0.2, 0.25) is 11.7 Å². The summed E-state index contributed by atoms with van der Waals surface area (Å²) >= 11 is 0. The van der Waals surface area contributed by atoms with Crippen LogP contribution in [0.5, 0.6) is 0 Å². The van der Waals surface area contributed by atoms with Crippen molar-refractivity contribution < 1.29 is 19.1 Å². The largest absolute Gasteiger partial charge is 0.454 e. The first-order valence-corrected chi connectivity index (χ1v) is 7.52. The SMILES string of the molecule is CC(=O)Nc1ccc(C(=O)OCC(=O)c2ccc(C)cc2C)cc1. The van der Waals surface area contributed by atoms with Crippen LogP contribution in [0.3, 0.4) is 0 Å². The number of amides is 1. The predicted molar refractivity (Wildman–Crippen MR) is 91.3 cm³/mol. The highest BCUT2D eigenvalue weighted by atomic mass is 16.5. The molecule has 5 nitrogen and oxygen atoms in total. The number of carbonyl (C=O) groups excluding carboxylic acids is 3. The number of hydrogen-bond acceptors (Lipinski definition) is 4. The van der Waals surface area contributed by atoms with Crippen molar-refractivity contribution in [3.63, 3.8) is 0 Å². The molecule has 0 bridgehead atoms. The van der Waals surface area contributed by atoms with Crippen molar-refractivity contribution in [3.8, 4) is 0 Å². The molecule has 0 aliphatic heterocycles. The summed E-state index contributed by atoms with van der Waals surface area (Å²) in [7, 11) is 0. The van der Waals surface area contributed by atoms with Gasteiger partial charge in [0.15, 0.2) is 6.61 Å². The van der Waals surface area contributed by atoms with Crippen LogP contribution < -0.4 is 5.32 Å². The summed E-state index contributed by atoms with van der Waals surface area (Å²) in [5.41, 5.74) is 3.38. The number of esters is 1. The maximum Gasteiger partial charge on any atom is 0.338 e. The third-order valence-electron chi connectivity index (χ3n) is 3.46. The van der Waals surface area contributed by atoms with E-state index in [4.69, 9.17) is 4.74 Å². The number of anilines is 1. The van der Waals surface area contributed by atoms with Crippen LogP contribution in [0, 0.1) is 13.8 Å². The molecule has 2 aromatic rings. The molecule has 0 fully saturated rings. The average Bonchev–Trinajstić information content (AvgIpc) is 2.52. The number of ketones is 1. The van der Waals surface area contributed by atoms with Crippen molar-refractivity contribution >= 4 is 23.3 Å². The van der Waals surface area contributed by atoms with Crippen LogP contribution in [0.1, 0.15) is 38.8 Å². The molecule has 0 spiro atoms. The Hall–Kier alpha value is -2.95. The van der Waals surface area contributed by atoms with Gasteiger partial charge in [0.1, 0.15) is 0 Å². The third kappa shape index (κ3) is 4.52. The van der Waals surface area contributed by atoms with Gasteiger partial charge in [-0.15, -0.1) is 0 Å². The Kier molecular flexibility index (Phi) is 5.47. The normalized spacial score (nSPS) is 10.1. The van der Waals surface area contributed by atoms with Crippen molar-refractivity contribution in [2.24, 2.45) is 0 Å². The zero-order chi connectivity index (χ0) is 17.7. The maximum atomic E-state index is 12.2. The fraction of sp³-hybridized carbons (Fsp3) is 0.211. The molecule has 0 aromatic heterocycles. The fourth-order valence-corrected chi connectivity index (χ4v) is 2.31. The maximum absolute atomic E-state index is 12.2. The van der Waals surface area contributed by atoms with E-state index in [9.17, 15) is 14.4 Å². The first-order chi connectivity index (χ1) is 11.4. The minimum Gasteiger partial charge on any atom is -0.454 e. The molecule has 5 heteroatoms. The highest BCUT2D eigenvalue weighted by molar-refractivity contribution is 6.00. The smallest absolute Gasteiger partial charge is 0.338 e. The van der Waals surface area contributed by atoms with E-state index in [-0.39, 0.29) is 18.3 Å². The molecule has 0 atom stereocenters. The molecule has 0 unspecified atom stereocenters. The summed E-state index contributed by atoms with van der Waals surface area (Å²) < 4.78 is 5.07. The van der Waals surface area contributed by atoms with Gasteiger partial charge in [0.05, 0.1) is 5.56 Å². The molecule has 1 amide bonds. The van der Waals surface area contributed by atoms with Gasteiger partial charge in [-0.3, -0.25) is 9.59 Å². The molecule has 0 saturated carbocycles. The molecule has 1 N–H and O–H groups in total. The lowest BCUT2D eigenvalue weighted by atomic mass is 10.0. The summed E-state index contributed by atoms with van der Waals surface area (Å²) in [4.78, 5) is 35.1. The van der Waals surface area contributed by atoms with E-state index in [0.717, 1.165) is 11.1 Å². The second-order valence-corrected chi connectivity index (χ2v) is 5.58. The van der Waals surface area contributed by atoms with Crippen LogP contribution in [0.25, 0.3) is 0 Å². The summed E-state index contributed by atoms with van der Waals surface area (Å²) in [6, 6.07) is 11.8. The van der Waals surface area contributed by atoms with Crippen molar-refractivity contribution in [1.29, 1.82) is 0 Å². The topological polar surface area (TPSA) is 72.5 Å². The van der Waals surface area contributed by atoms with Crippen LogP contribution in [-0.2, 0) is 9.53 Å². The van der Waals surface area contributed by atoms with Gasteiger partial charge < -0.3 is 10.1 Å². The van der Waals surface area contributed by atoms with Crippen molar-refractivity contribution in [3.05, 3.63) is 64.7 Å². The highest BCUT2D eigenvalue weighted by Gasteiger charge is 2.13. The van der Waals surface area contributed by atoms with Gasteiger partial charge in [-0.05, 0) is 43.7 Å². The van der Waals surface area contributed by atoms with Gasteiger partial charge in [0, 0.05) is 18.2 Å². The quantitative estimate of drug-likeness (QED) is 0.676. The molecular formula is C19H19NO4. The third-order valence-corrected chi connectivity index (χ3v) is 3.46. The Morgan fingerprint density at radius 1 is 1.00 bits per heavy atom. The fourth-order valence-electron chi connectivity index (χ4n) is 2.31. The van der Waals surface area contributed by atoms with Gasteiger partial charge in [-0.2, -0.15) is 0 Å². The molecule has 0 heterocycles. The minimum atomic E-state index is -0.581. The average molecular weight is 325 g/mol. The van der Waals surface area contributed by atoms with Crippen LogP contribution in [0.4, 0.5) is 5.69 Å². The Morgan fingerprint density at radius 3 is 2.25 bits per heavy atom. The molecule has 124 valence electrons. The van der Waals surface area contributed by atoms with Crippen molar-refractivity contribution in [2.45, 2.75) is 20.8 Å². The van der Waals surface area contributed by atoms with Crippen molar-refractivity contribution in [2.75, 3.05) is 11.9 Å². The number of nitrogens with one attached hydrogen (secondary N) is 1. The second kappa shape index (κ2) is 7.55. The molecule has 0 aliphatic rings. The summed E-state index contributed by atoms with van der Waals surface area (Å²) in [5.74, 6) is -1.01. The second-order valence-electron chi connectivity index (χ2n) is 5.58. The number of hydrogen-bond donors (Lipinski definition) is 1. The minimum absolute atomic E-state index is 0.190. The molecule has 0 aliphatic carbocycles. The first-order valence-electron chi connectivity index (χ1n) is 7.52. The lowest BCUT2D eigenvalue weighted by Gasteiger charge is -2.08. The van der Waals surface area contributed by atoms with Gasteiger partial charge in [0.25, 0.3) is 0 Å². The molecule has 2 rings (SSSR count). The van der Waals surface area contributed by atoms with E-state index in [1.165, 1.54) is 19.1 Å². The van der Waals surface area contributed by atoms with Crippen LogP contribution in [0.2, 0.25) is 0 Å². The number of aryl methyl sites for hydroxylation is 2. The molecular weight excluding hydrogens is 306 g/mol. The Bertz CT molecular complexity index is 778. The molecule has 2 aromatic carbocycles. The summed E-state index contributed by atoms with van der Waals surface area (Å²) in [6.45, 7) is 4.89. The summed E-state index contributed by atoms with van der Waals surface area (Å²) in [5, 5.41) is 2.61. The predicted octanol–water partition coefficient (Wildman–Crippen LogP) is 3.30. The van der Waals surface area contributed by atoms with E-state index in [1.54, 1.807) is 18.2 Å². The van der Waals surface area contributed by atoms with Crippen molar-refractivity contribution in [1.82, 2.24) is 0 Å². The zero-order valence-electron chi connectivity index (χ0n) is 13.9. The van der Waals surface area contributed by atoms with E-state index in [0.29, 0.717) is 16.8 Å². The lowest BCUT2D eigenvalue weighted by molar-refractivity contribution is -0.114. The number of rotatable bonds is 5. The number of carbonyl (C=O) groups is 3. The molecule has 0 radical (unpaired) electrons. The Balaban J connectivity index is 1.97. The number of Topliss-reactive ketones (excluding diaryl/α,β-unsaturated/α-hetero) is 1. The molecule has 0 saturated heterocycles. The van der Waals surface area contributed by atoms with E-state index in [2.05, 4.69) is 5.32 Å². The van der Waals surface area contributed by atoms with E-state index < -0.39 is 5.97 Å². The molecule has 24 heavy (non-hydrogen) atoms. The van der Waals surface area contributed by atoms with Gasteiger partial charge in [-0.25, -0.2) is 4.79 Å². The highest BCUT2D eigenvalue weighted by Crippen LogP contribution is 2.13.